The van der Waals surface area contributed by atoms with Gasteiger partial charge in [0.15, 0.2) is 0 Å². The first-order valence-electron chi connectivity index (χ1n) is 5.20. The van der Waals surface area contributed by atoms with Gasteiger partial charge in [0.05, 0.1) is 4.92 Å². The highest BCUT2D eigenvalue weighted by atomic mass is 19.1. The van der Waals surface area contributed by atoms with Crippen LogP contribution < -0.4 is 5.32 Å². The van der Waals surface area contributed by atoms with E-state index in [9.17, 15) is 14.5 Å². The molecule has 1 rings (SSSR count). The largest absolute Gasteiger partial charge is 0.314 e. The molecule has 4 nitrogen and oxygen atoms in total. The molecule has 1 aromatic carbocycles. The number of nitro groups is 1. The molecule has 0 radical (unpaired) electrons. The van der Waals surface area contributed by atoms with E-state index in [0.29, 0.717) is 12.0 Å². The van der Waals surface area contributed by atoms with Crippen LogP contribution in [0.3, 0.4) is 0 Å². The van der Waals surface area contributed by atoms with Gasteiger partial charge in [0.25, 0.3) is 5.69 Å². The lowest BCUT2D eigenvalue weighted by Gasteiger charge is -2.12. The molecule has 0 saturated carbocycles. The van der Waals surface area contributed by atoms with Gasteiger partial charge in [-0.3, -0.25) is 10.1 Å². The van der Waals surface area contributed by atoms with E-state index in [4.69, 9.17) is 0 Å². The summed E-state index contributed by atoms with van der Waals surface area (Å²) in [4.78, 5) is 10.3. The van der Waals surface area contributed by atoms with Crippen LogP contribution >= 0.6 is 0 Å². The third-order valence-electron chi connectivity index (χ3n) is 2.32. The molecule has 0 bridgehead atoms. The average Bonchev–Trinajstić information content (AvgIpc) is 2.17. The molecule has 0 aliphatic heterocycles. The second kappa shape index (κ2) is 5.55. The summed E-state index contributed by atoms with van der Waals surface area (Å²) in [5.41, 5.74) is 0.407. The topological polar surface area (TPSA) is 55.2 Å². The molecule has 16 heavy (non-hydrogen) atoms. The van der Waals surface area contributed by atoms with Crippen LogP contribution in [0.15, 0.2) is 18.2 Å². The summed E-state index contributed by atoms with van der Waals surface area (Å²) in [7, 11) is 0. The van der Waals surface area contributed by atoms with Crippen LogP contribution in [0.5, 0.6) is 0 Å². The lowest BCUT2D eigenvalue weighted by Crippen LogP contribution is -2.27. The van der Waals surface area contributed by atoms with Gasteiger partial charge in [0.1, 0.15) is 5.82 Å². The number of nitrogens with zero attached hydrogens (tertiary/aromatic N) is 1. The first kappa shape index (κ1) is 12.6. The highest BCUT2D eigenvalue weighted by Gasteiger charge is 2.16. The standard InChI is InChI=1S/C11H15FN2O2/c1-3-13-8(2)6-9-7-10(12)4-5-11(9)14(15)16/h4-5,7-8,13H,3,6H2,1-2H3. The maximum atomic E-state index is 13.0. The quantitative estimate of drug-likeness (QED) is 0.619. The third-order valence-corrected chi connectivity index (χ3v) is 2.32. The van der Waals surface area contributed by atoms with Gasteiger partial charge in [0, 0.05) is 17.7 Å². The van der Waals surface area contributed by atoms with Crippen LogP contribution in [0.4, 0.5) is 10.1 Å². The molecule has 1 aromatic rings. The molecule has 0 aliphatic rings. The summed E-state index contributed by atoms with van der Waals surface area (Å²) in [6.45, 7) is 4.65. The number of nitro benzene ring substituents is 1. The molecule has 88 valence electrons. The monoisotopic (exact) mass is 226 g/mol. The lowest BCUT2D eigenvalue weighted by atomic mass is 10.0. The minimum absolute atomic E-state index is 0.0221. The summed E-state index contributed by atoms with van der Waals surface area (Å²) in [5.74, 6) is -0.440. The van der Waals surface area contributed by atoms with E-state index in [-0.39, 0.29) is 11.7 Å². The average molecular weight is 226 g/mol. The Labute approximate surface area is 93.6 Å². The van der Waals surface area contributed by atoms with Gasteiger partial charge in [-0.05, 0) is 32.0 Å². The van der Waals surface area contributed by atoms with Crippen LogP contribution in [-0.4, -0.2) is 17.5 Å². The summed E-state index contributed by atoms with van der Waals surface area (Å²) in [6, 6.07) is 3.64. The van der Waals surface area contributed by atoms with Crippen molar-refractivity contribution in [2.75, 3.05) is 6.54 Å². The second-order valence-electron chi connectivity index (χ2n) is 3.69. The number of halogens is 1. The van der Waals surface area contributed by atoms with Crippen LogP contribution in [0.2, 0.25) is 0 Å². The normalized spacial score (nSPS) is 12.4. The molecular weight excluding hydrogens is 211 g/mol. The number of hydrogen-bond acceptors (Lipinski definition) is 3. The Balaban J connectivity index is 2.92. The molecule has 0 amide bonds. The number of hydrogen-bond donors (Lipinski definition) is 1. The van der Waals surface area contributed by atoms with Crippen molar-refractivity contribution >= 4 is 5.69 Å². The Hall–Kier alpha value is -1.49. The molecule has 1 unspecified atom stereocenters. The SMILES string of the molecule is CCNC(C)Cc1cc(F)ccc1[N+](=O)[O-]. The minimum Gasteiger partial charge on any atom is -0.314 e. The third kappa shape index (κ3) is 3.27. The Morgan fingerprint density at radius 2 is 2.25 bits per heavy atom. The smallest absolute Gasteiger partial charge is 0.272 e. The van der Waals surface area contributed by atoms with Gasteiger partial charge in [0.2, 0.25) is 0 Å². The van der Waals surface area contributed by atoms with Gasteiger partial charge < -0.3 is 5.32 Å². The molecule has 0 aromatic heterocycles. The van der Waals surface area contributed by atoms with Crippen molar-refractivity contribution in [3.8, 4) is 0 Å². The van der Waals surface area contributed by atoms with Crippen molar-refractivity contribution in [1.29, 1.82) is 0 Å². The Morgan fingerprint density at radius 1 is 1.56 bits per heavy atom. The minimum atomic E-state index is -0.479. The van der Waals surface area contributed by atoms with E-state index >= 15 is 0 Å². The molecule has 1 N–H and O–H groups in total. The Morgan fingerprint density at radius 3 is 2.81 bits per heavy atom. The predicted molar refractivity (Wildman–Crippen MR) is 59.9 cm³/mol. The molecule has 0 saturated heterocycles. The van der Waals surface area contributed by atoms with E-state index in [0.717, 1.165) is 12.6 Å². The van der Waals surface area contributed by atoms with Crippen molar-refractivity contribution in [3.63, 3.8) is 0 Å². The zero-order valence-electron chi connectivity index (χ0n) is 9.37. The van der Waals surface area contributed by atoms with E-state index < -0.39 is 10.7 Å². The first-order chi connectivity index (χ1) is 7.54. The number of benzene rings is 1. The Bertz CT molecular complexity index is 382. The van der Waals surface area contributed by atoms with Gasteiger partial charge >= 0.3 is 0 Å². The van der Waals surface area contributed by atoms with Crippen LogP contribution in [0, 0.1) is 15.9 Å². The maximum absolute atomic E-state index is 13.0. The van der Waals surface area contributed by atoms with Gasteiger partial charge in [-0.25, -0.2) is 4.39 Å². The summed E-state index contributed by atoms with van der Waals surface area (Å²) in [5, 5.41) is 13.9. The lowest BCUT2D eigenvalue weighted by molar-refractivity contribution is -0.385. The van der Waals surface area contributed by atoms with Crippen molar-refractivity contribution in [2.45, 2.75) is 26.3 Å². The molecule has 0 spiro atoms. The van der Waals surface area contributed by atoms with Crippen molar-refractivity contribution in [2.24, 2.45) is 0 Å². The van der Waals surface area contributed by atoms with E-state index in [1.54, 1.807) is 0 Å². The molecule has 1 atom stereocenters. The molecule has 0 heterocycles. The van der Waals surface area contributed by atoms with Gasteiger partial charge in [-0.1, -0.05) is 6.92 Å². The highest BCUT2D eigenvalue weighted by molar-refractivity contribution is 5.40. The van der Waals surface area contributed by atoms with Crippen molar-refractivity contribution in [1.82, 2.24) is 5.32 Å². The maximum Gasteiger partial charge on any atom is 0.272 e. The fourth-order valence-corrected chi connectivity index (χ4v) is 1.65. The summed E-state index contributed by atoms with van der Waals surface area (Å²) < 4.78 is 13.0. The molecular formula is C11H15FN2O2. The van der Waals surface area contributed by atoms with Gasteiger partial charge in [-0.2, -0.15) is 0 Å². The van der Waals surface area contributed by atoms with Crippen LogP contribution in [0.1, 0.15) is 19.4 Å². The van der Waals surface area contributed by atoms with E-state index in [1.807, 2.05) is 13.8 Å². The van der Waals surface area contributed by atoms with Crippen molar-refractivity contribution in [3.05, 3.63) is 39.7 Å². The number of likely N-dealkylation sites (N-methyl/N-ethyl adjacent to an activating group) is 1. The fourth-order valence-electron chi connectivity index (χ4n) is 1.65. The first-order valence-corrected chi connectivity index (χ1v) is 5.20. The Kier molecular flexibility index (Phi) is 4.37. The zero-order valence-corrected chi connectivity index (χ0v) is 9.37. The number of nitrogens with one attached hydrogen (secondary N) is 1. The van der Waals surface area contributed by atoms with E-state index in [2.05, 4.69) is 5.32 Å². The number of rotatable bonds is 5. The summed E-state index contributed by atoms with van der Waals surface area (Å²) in [6.07, 6.45) is 0.446. The zero-order chi connectivity index (χ0) is 12.1. The molecule has 0 aliphatic carbocycles. The molecule has 5 heteroatoms. The van der Waals surface area contributed by atoms with Gasteiger partial charge in [-0.15, -0.1) is 0 Å². The molecule has 0 fully saturated rings. The fraction of sp³-hybridized carbons (Fsp3) is 0.455. The van der Waals surface area contributed by atoms with Crippen molar-refractivity contribution < 1.29 is 9.31 Å². The highest BCUT2D eigenvalue weighted by Crippen LogP contribution is 2.20. The second-order valence-corrected chi connectivity index (χ2v) is 3.69. The van der Waals surface area contributed by atoms with Crippen LogP contribution in [0.25, 0.3) is 0 Å². The van der Waals surface area contributed by atoms with Crippen LogP contribution in [-0.2, 0) is 6.42 Å². The van der Waals surface area contributed by atoms with E-state index in [1.165, 1.54) is 12.1 Å². The predicted octanol–water partition coefficient (Wildman–Crippen LogP) is 2.27. The summed E-state index contributed by atoms with van der Waals surface area (Å²) >= 11 is 0.